The van der Waals surface area contributed by atoms with Crippen molar-refractivity contribution in [2.24, 2.45) is 5.73 Å². The smallest absolute Gasteiger partial charge is 0.250 e. The molecule has 0 unspecified atom stereocenters. The molecule has 0 saturated carbocycles. The maximum Gasteiger partial charge on any atom is 0.250 e. The van der Waals surface area contributed by atoms with Crippen molar-refractivity contribution in [1.82, 2.24) is 10.3 Å². The molecule has 0 aliphatic carbocycles. The minimum atomic E-state index is -1.19. The number of alkyl halides is 1. The van der Waals surface area contributed by atoms with Gasteiger partial charge in [0.05, 0.1) is 22.8 Å². The Kier molecular flexibility index (Phi) is 4.60. The Morgan fingerprint density at radius 3 is 2.69 bits per heavy atom. The van der Waals surface area contributed by atoms with Crippen LogP contribution in [0.3, 0.4) is 0 Å². The number of halogens is 2. The van der Waals surface area contributed by atoms with E-state index in [0.29, 0.717) is 23.1 Å². The summed E-state index contributed by atoms with van der Waals surface area (Å²) >= 11 is 0. The van der Waals surface area contributed by atoms with Gasteiger partial charge in [-0.25, -0.2) is 8.78 Å². The Bertz CT molecular complexity index is 893. The maximum atomic E-state index is 15.0. The summed E-state index contributed by atoms with van der Waals surface area (Å²) in [4.78, 5) is 27.9. The van der Waals surface area contributed by atoms with E-state index in [-0.39, 0.29) is 24.4 Å². The third-order valence-corrected chi connectivity index (χ3v) is 5.00. The number of hydrogen-bond acceptors (Lipinski definition) is 3. The van der Waals surface area contributed by atoms with E-state index in [1.165, 1.54) is 6.92 Å². The van der Waals surface area contributed by atoms with Gasteiger partial charge in [0.25, 0.3) is 5.91 Å². The molecule has 1 fully saturated rings. The van der Waals surface area contributed by atoms with E-state index in [9.17, 15) is 18.4 Å². The molecule has 0 bridgehead atoms. The highest BCUT2D eigenvalue weighted by molar-refractivity contribution is 6.10. The molecule has 2 aromatic rings. The number of nitrogens with zero attached hydrogens (tertiary/aromatic N) is 1. The molecule has 8 heteroatoms. The summed E-state index contributed by atoms with van der Waals surface area (Å²) in [6.45, 7) is 5.44. The van der Waals surface area contributed by atoms with Crippen LogP contribution in [-0.2, 0) is 4.79 Å². The van der Waals surface area contributed by atoms with E-state index in [2.05, 4.69) is 10.3 Å². The Morgan fingerprint density at radius 1 is 1.38 bits per heavy atom. The molecule has 2 heterocycles. The van der Waals surface area contributed by atoms with Crippen molar-refractivity contribution in [3.05, 3.63) is 28.7 Å². The molecule has 3 rings (SSSR count). The number of H-pyrrole nitrogens is 1. The average Bonchev–Trinajstić information content (AvgIpc) is 2.84. The Balaban J connectivity index is 2.13. The number of nitrogens with two attached hydrogens (primary N) is 1. The molecule has 1 aliphatic rings. The minimum absolute atomic E-state index is 0.0799. The van der Waals surface area contributed by atoms with Crippen LogP contribution in [0.4, 0.5) is 14.5 Å². The normalized spacial score (nSPS) is 20.4. The van der Waals surface area contributed by atoms with E-state index in [1.54, 1.807) is 4.90 Å². The first-order chi connectivity index (χ1) is 12.2. The SMILES string of the molecule is CC(=O)N[C@H]1CN(c2c(F)cc(C(N)=O)c3[nH]c(C)c(C)c23)CC[C@@H]1F. The Morgan fingerprint density at radius 2 is 2.08 bits per heavy atom. The summed E-state index contributed by atoms with van der Waals surface area (Å²) in [7, 11) is 0. The lowest BCUT2D eigenvalue weighted by Crippen LogP contribution is -2.53. The first-order valence-corrected chi connectivity index (χ1v) is 8.48. The maximum absolute atomic E-state index is 15.0. The number of aryl methyl sites for hydroxylation is 2. The molecule has 4 N–H and O–H groups in total. The van der Waals surface area contributed by atoms with Crippen LogP contribution in [0.2, 0.25) is 0 Å². The van der Waals surface area contributed by atoms with E-state index >= 15 is 0 Å². The van der Waals surface area contributed by atoms with Gasteiger partial charge >= 0.3 is 0 Å². The fourth-order valence-corrected chi connectivity index (χ4v) is 3.63. The summed E-state index contributed by atoms with van der Waals surface area (Å²) in [6.07, 6.45) is -1.01. The largest absolute Gasteiger partial charge is 0.366 e. The molecular weight excluding hydrogens is 342 g/mol. The highest BCUT2D eigenvalue weighted by Crippen LogP contribution is 2.37. The second-order valence-electron chi connectivity index (χ2n) is 6.80. The lowest BCUT2D eigenvalue weighted by molar-refractivity contribution is -0.120. The van der Waals surface area contributed by atoms with Crippen molar-refractivity contribution < 1.29 is 18.4 Å². The minimum Gasteiger partial charge on any atom is -0.366 e. The van der Waals surface area contributed by atoms with Crippen LogP contribution in [0.25, 0.3) is 10.9 Å². The van der Waals surface area contributed by atoms with Gasteiger partial charge in [-0.1, -0.05) is 0 Å². The van der Waals surface area contributed by atoms with Crippen LogP contribution in [-0.4, -0.2) is 42.1 Å². The number of primary amides is 1. The molecule has 6 nitrogen and oxygen atoms in total. The molecule has 140 valence electrons. The van der Waals surface area contributed by atoms with Crippen LogP contribution in [0.5, 0.6) is 0 Å². The molecule has 0 radical (unpaired) electrons. The van der Waals surface area contributed by atoms with Gasteiger partial charge in [0.2, 0.25) is 5.91 Å². The number of anilines is 1. The Hall–Kier alpha value is -2.64. The van der Waals surface area contributed by atoms with Crippen LogP contribution >= 0.6 is 0 Å². The zero-order valence-electron chi connectivity index (χ0n) is 15.0. The van der Waals surface area contributed by atoms with E-state index < -0.39 is 23.9 Å². The number of aromatic amines is 1. The molecule has 0 spiro atoms. The molecular formula is C18H22F2N4O2. The van der Waals surface area contributed by atoms with Gasteiger partial charge in [-0.2, -0.15) is 0 Å². The second-order valence-corrected chi connectivity index (χ2v) is 6.80. The van der Waals surface area contributed by atoms with Crippen LogP contribution in [0.1, 0.15) is 35.0 Å². The molecule has 1 aromatic heterocycles. The number of hydrogen-bond donors (Lipinski definition) is 3. The highest BCUT2D eigenvalue weighted by Gasteiger charge is 2.33. The highest BCUT2D eigenvalue weighted by atomic mass is 19.1. The molecule has 26 heavy (non-hydrogen) atoms. The standard InChI is InChI=1S/C18H22F2N4O2/c1-8-9(2)22-16-11(18(21)26)6-13(20)17(15(8)16)24-5-4-12(19)14(7-24)23-10(3)25/h6,12,14,22H,4-5,7H2,1-3H3,(H2,21,26)(H,23,25)/t12-,14-/m0/s1. The first kappa shape index (κ1) is 18.2. The number of fused-ring (bicyclic) bond motifs is 1. The fraction of sp³-hybridized carbons (Fsp3) is 0.444. The van der Waals surface area contributed by atoms with Gasteiger partial charge in [-0.15, -0.1) is 0 Å². The van der Waals surface area contributed by atoms with Crippen molar-refractivity contribution in [2.45, 2.75) is 39.4 Å². The van der Waals surface area contributed by atoms with Gasteiger partial charge in [0.1, 0.15) is 12.0 Å². The van der Waals surface area contributed by atoms with Crippen LogP contribution in [0.15, 0.2) is 6.07 Å². The molecule has 2 atom stereocenters. The predicted octanol–water partition coefficient (Wildman–Crippen LogP) is 2.08. The van der Waals surface area contributed by atoms with Gasteiger partial charge in [-0.3, -0.25) is 9.59 Å². The fourth-order valence-electron chi connectivity index (χ4n) is 3.63. The van der Waals surface area contributed by atoms with Gasteiger partial charge in [0, 0.05) is 31.1 Å². The topological polar surface area (TPSA) is 91.2 Å². The lowest BCUT2D eigenvalue weighted by Gasteiger charge is -2.37. The van der Waals surface area contributed by atoms with Crippen molar-refractivity contribution in [2.75, 3.05) is 18.0 Å². The van der Waals surface area contributed by atoms with Crippen molar-refractivity contribution in [3.8, 4) is 0 Å². The van der Waals surface area contributed by atoms with Crippen molar-refractivity contribution in [1.29, 1.82) is 0 Å². The third-order valence-electron chi connectivity index (χ3n) is 5.00. The molecule has 1 aliphatic heterocycles. The zero-order valence-corrected chi connectivity index (χ0v) is 15.0. The second kappa shape index (κ2) is 6.59. The number of amides is 2. The monoisotopic (exact) mass is 364 g/mol. The quantitative estimate of drug-likeness (QED) is 0.779. The summed E-state index contributed by atoms with van der Waals surface area (Å²) < 4.78 is 29.1. The number of aromatic nitrogens is 1. The number of benzene rings is 1. The molecule has 1 saturated heterocycles. The summed E-state index contributed by atoms with van der Waals surface area (Å²) in [5, 5.41) is 3.15. The Labute approximate surface area is 149 Å². The van der Waals surface area contributed by atoms with Gasteiger partial charge in [-0.05, 0) is 31.9 Å². The molecule has 2 amide bonds. The van der Waals surface area contributed by atoms with Gasteiger partial charge in [0.15, 0.2) is 0 Å². The summed E-state index contributed by atoms with van der Waals surface area (Å²) in [5.41, 5.74) is 7.85. The number of nitrogens with one attached hydrogen (secondary N) is 2. The third kappa shape index (κ3) is 3.00. The van der Waals surface area contributed by atoms with Crippen LogP contribution < -0.4 is 16.0 Å². The van der Waals surface area contributed by atoms with E-state index in [4.69, 9.17) is 5.73 Å². The summed E-state index contributed by atoms with van der Waals surface area (Å²) in [6, 6.07) is 0.400. The molecule has 1 aromatic carbocycles. The first-order valence-electron chi connectivity index (χ1n) is 8.48. The summed E-state index contributed by atoms with van der Waals surface area (Å²) in [5.74, 6) is -1.64. The van der Waals surface area contributed by atoms with Gasteiger partial charge < -0.3 is 20.9 Å². The van der Waals surface area contributed by atoms with Crippen LogP contribution in [0, 0.1) is 19.7 Å². The van der Waals surface area contributed by atoms with E-state index in [1.807, 2.05) is 13.8 Å². The average molecular weight is 364 g/mol. The lowest BCUT2D eigenvalue weighted by atomic mass is 9.99. The van der Waals surface area contributed by atoms with Crippen molar-refractivity contribution in [3.63, 3.8) is 0 Å². The van der Waals surface area contributed by atoms with Crippen molar-refractivity contribution >= 4 is 28.4 Å². The number of piperidine rings is 1. The predicted molar refractivity (Wildman–Crippen MR) is 95.6 cm³/mol. The van der Waals surface area contributed by atoms with E-state index in [0.717, 1.165) is 17.3 Å². The zero-order chi connectivity index (χ0) is 19.2. The number of carbonyl (C=O) groups excluding carboxylic acids is 2. The number of carbonyl (C=O) groups is 2. The number of rotatable bonds is 3.